The maximum absolute atomic E-state index is 11.7. The van der Waals surface area contributed by atoms with Crippen molar-refractivity contribution in [3.63, 3.8) is 0 Å². The third-order valence-corrected chi connectivity index (χ3v) is 6.03. The van der Waals surface area contributed by atoms with E-state index in [0.29, 0.717) is 4.88 Å². The Morgan fingerprint density at radius 3 is 2.76 bits per heavy atom. The van der Waals surface area contributed by atoms with Gasteiger partial charge in [-0.15, -0.1) is 0 Å². The van der Waals surface area contributed by atoms with Crippen molar-refractivity contribution in [2.45, 2.75) is 26.2 Å². The van der Waals surface area contributed by atoms with Gasteiger partial charge in [-0.25, -0.2) is 4.57 Å². The number of ether oxygens (including phenoxy) is 1. The molecule has 0 saturated carbocycles. The second-order valence-corrected chi connectivity index (χ2v) is 8.13. The minimum absolute atomic E-state index is 0.000688. The van der Waals surface area contributed by atoms with Crippen LogP contribution in [0.2, 0.25) is 0 Å². The lowest BCUT2D eigenvalue weighted by atomic mass is 10.1. The molecule has 2 aliphatic rings. The summed E-state index contributed by atoms with van der Waals surface area (Å²) in [5.74, 6) is 1.01. The van der Waals surface area contributed by atoms with Gasteiger partial charge in [0, 0.05) is 18.2 Å². The molecular weight excluding hydrogens is 388 g/mol. The van der Waals surface area contributed by atoms with Crippen molar-refractivity contribution in [1.82, 2.24) is 4.57 Å². The molecule has 1 aromatic carbocycles. The smallest absolute Gasteiger partial charge is 0.326 e. The Morgan fingerprint density at radius 1 is 1.34 bits per heavy atom. The number of thiazole rings is 1. The summed E-state index contributed by atoms with van der Waals surface area (Å²) in [7, 11) is 1.64. The molecule has 8 heteroatoms. The monoisotopic (exact) mass is 411 g/mol. The van der Waals surface area contributed by atoms with Crippen LogP contribution in [0.3, 0.4) is 0 Å². The van der Waals surface area contributed by atoms with Crippen LogP contribution >= 0.6 is 11.3 Å². The van der Waals surface area contributed by atoms with Crippen LogP contribution < -0.4 is 20.1 Å². The molecule has 0 bridgehead atoms. The number of methoxy groups -OCH3 is 1. The number of piperidine rings is 1. The van der Waals surface area contributed by atoms with E-state index < -0.39 is 0 Å². The maximum atomic E-state index is 11.7. The molecule has 1 saturated heterocycles. The highest BCUT2D eigenvalue weighted by Gasteiger charge is 2.24. The normalized spacial score (nSPS) is 17.5. The third-order valence-electron chi connectivity index (χ3n) is 5.13. The molecule has 1 aromatic heterocycles. The third kappa shape index (κ3) is 3.67. The summed E-state index contributed by atoms with van der Waals surface area (Å²) in [6.45, 7) is 3.19. The zero-order valence-electron chi connectivity index (χ0n) is 16.4. The first-order valence-corrected chi connectivity index (χ1v) is 10.4. The topological polar surface area (TPSA) is 90.7 Å². The highest BCUT2D eigenvalue weighted by molar-refractivity contribution is 7.10. The van der Waals surface area contributed by atoms with E-state index in [1.165, 1.54) is 13.3 Å². The number of rotatable bonds is 2. The predicted molar refractivity (Wildman–Crippen MR) is 111 cm³/mol. The molecule has 2 aliphatic heterocycles. The van der Waals surface area contributed by atoms with Crippen molar-refractivity contribution >= 4 is 35.2 Å². The van der Waals surface area contributed by atoms with E-state index in [1.807, 2.05) is 30.4 Å². The van der Waals surface area contributed by atoms with Crippen LogP contribution in [0.5, 0.6) is 11.6 Å². The molecule has 7 nitrogen and oxygen atoms in total. The number of carbonyl (C=O) groups is 1. The molecule has 0 atom stereocenters. The predicted octanol–water partition coefficient (Wildman–Crippen LogP) is 1.50. The molecule has 3 heterocycles. The Balaban J connectivity index is 1.93. The van der Waals surface area contributed by atoms with Crippen molar-refractivity contribution in [3.8, 4) is 11.6 Å². The van der Waals surface area contributed by atoms with Crippen LogP contribution in [0.25, 0.3) is 12.2 Å². The van der Waals surface area contributed by atoms with Crippen molar-refractivity contribution in [3.05, 3.63) is 44.0 Å². The van der Waals surface area contributed by atoms with Crippen molar-refractivity contribution in [2.24, 2.45) is 4.99 Å². The fourth-order valence-corrected chi connectivity index (χ4v) is 4.56. The summed E-state index contributed by atoms with van der Waals surface area (Å²) < 4.78 is 8.61. The molecule has 0 unspecified atom stereocenters. The van der Waals surface area contributed by atoms with Crippen molar-refractivity contribution in [1.29, 1.82) is 5.41 Å². The van der Waals surface area contributed by atoms with Crippen LogP contribution in [0.15, 0.2) is 28.8 Å². The number of carbonyl (C=O) groups excluding carboxylic acids is 1. The number of amidine groups is 1. The van der Waals surface area contributed by atoms with E-state index in [2.05, 4.69) is 4.58 Å². The fraction of sp³-hybridized carbons (Fsp3) is 0.333. The molecule has 0 spiro atoms. The fourth-order valence-electron chi connectivity index (χ4n) is 3.67. The van der Waals surface area contributed by atoms with Gasteiger partial charge in [-0.2, -0.15) is 0 Å². The van der Waals surface area contributed by atoms with Gasteiger partial charge in [-0.05, 0) is 48.5 Å². The second-order valence-electron chi connectivity index (χ2n) is 7.10. The van der Waals surface area contributed by atoms with Gasteiger partial charge >= 0.3 is 5.84 Å². The van der Waals surface area contributed by atoms with E-state index in [-0.39, 0.29) is 16.6 Å². The molecule has 0 amide bonds. The number of fused-ring (bicyclic) bond motifs is 1. The quantitative estimate of drug-likeness (QED) is 0.734. The Hall–Kier alpha value is -3.00. The first kappa shape index (κ1) is 19.3. The SMILES string of the molecule is COc1ccc2c(c1)=NC(=[N+]1CCCCC1)/C(=C/c1sc(=N)n(C(C)=O)c1O)C=2. The van der Waals surface area contributed by atoms with Gasteiger partial charge in [0.05, 0.1) is 30.6 Å². The lowest BCUT2D eigenvalue weighted by Crippen LogP contribution is -2.35. The number of aromatic hydroxyl groups is 1. The number of aromatic nitrogens is 1. The standard InChI is InChI=1S/C21H22N4O3S/c1-13(26)25-20(27)18(29-21(25)22)11-15-10-14-6-7-16(28-2)12-17(14)23-19(15)24-8-4-3-5-9-24/h6-7,10-12,22H,3-5,8-9H2,1-2H3/p+1. The van der Waals surface area contributed by atoms with E-state index >= 15 is 0 Å². The summed E-state index contributed by atoms with van der Waals surface area (Å²) in [5.41, 5.74) is 0.858. The first-order chi connectivity index (χ1) is 14.0. The number of hydrogen-bond acceptors (Lipinski definition) is 5. The Labute approximate surface area is 171 Å². The number of hydrogen-bond donors (Lipinski definition) is 2. The minimum atomic E-state index is -0.386. The van der Waals surface area contributed by atoms with E-state index in [0.717, 1.165) is 69.6 Å². The first-order valence-electron chi connectivity index (χ1n) is 9.57. The van der Waals surface area contributed by atoms with Crippen LogP contribution in [0.4, 0.5) is 0 Å². The van der Waals surface area contributed by atoms with Gasteiger partial charge in [-0.1, -0.05) is 11.3 Å². The van der Waals surface area contributed by atoms with Gasteiger partial charge < -0.3 is 9.84 Å². The lowest BCUT2D eigenvalue weighted by Gasteiger charge is -2.15. The van der Waals surface area contributed by atoms with E-state index in [1.54, 1.807) is 7.11 Å². The van der Waals surface area contributed by atoms with Gasteiger partial charge in [-0.3, -0.25) is 14.8 Å². The summed E-state index contributed by atoms with van der Waals surface area (Å²) in [6, 6.07) is 5.77. The highest BCUT2D eigenvalue weighted by atomic mass is 32.1. The van der Waals surface area contributed by atoms with Gasteiger partial charge in [0.25, 0.3) is 0 Å². The summed E-state index contributed by atoms with van der Waals surface area (Å²) in [6.07, 6.45) is 7.29. The molecule has 1 fully saturated rings. The average Bonchev–Trinajstić information content (AvgIpc) is 3.00. The molecule has 4 rings (SSSR count). The average molecular weight is 412 g/mol. The molecule has 2 N–H and O–H groups in total. The molecule has 2 aromatic rings. The van der Waals surface area contributed by atoms with Crippen molar-refractivity contribution in [2.75, 3.05) is 20.2 Å². The molecule has 0 aliphatic carbocycles. The summed E-state index contributed by atoms with van der Waals surface area (Å²) in [5, 5.41) is 20.3. The van der Waals surface area contributed by atoms with Gasteiger partial charge in [0.15, 0.2) is 10.2 Å². The molecule has 150 valence electrons. The van der Waals surface area contributed by atoms with E-state index in [4.69, 9.17) is 15.1 Å². The summed E-state index contributed by atoms with van der Waals surface area (Å²) >= 11 is 1.07. The van der Waals surface area contributed by atoms with Crippen LogP contribution in [0, 0.1) is 5.41 Å². The number of benzene rings is 1. The van der Waals surface area contributed by atoms with Crippen molar-refractivity contribution < 1.29 is 19.2 Å². The van der Waals surface area contributed by atoms with E-state index in [9.17, 15) is 9.90 Å². The Bertz CT molecular complexity index is 1230. The Morgan fingerprint density at radius 2 is 2.10 bits per heavy atom. The van der Waals surface area contributed by atoms with Gasteiger partial charge in [0.1, 0.15) is 5.75 Å². The highest BCUT2D eigenvalue weighted by Crippen LogP contribution is 2.24. The zero-order valence-corrected chi connectivity index (χ0v) is 17.3. The largest absolute Gasteiger partial charge is 0.497 e. The number of nitrogens with zero attached hydrogens (tertiary/aromatic N) is 3. The van der Waals surface area contributed by atoms with Crippen LogP contribution in [-0.4, -0.2) is 46.2 Å². The molecule has 0 radical (unpaired) electrons. The van der Waals surface area contributed by atoms with Crippen LogP contribution in [-0.2, 0) is 0 Å². The maximum Gasteiger partial charge on any atom is 0.326 e. The molecule has 29 heavy (non-hydrogen) atoms. The molecular formula is C21H23N4O3S+. The van der Waals surface area contributed by atoms with Crippen LogP contribution in [0.1, 0.15) is 35.9 Å². The Kier molecular flexibility index (Phi) is 5.19. The second kappa shape index (κ2) is 7.79. The minimum Gasteiger partial charge on any atom is -0.497 e. The zero-order chi connectivity index (χ0) is 20.5. The lowest BCUT2D eigenvalue weighted by molar-refractivity contribution is -0.537. The number of nitrogens with one attached hydrogen (secondary N) is 1. The summed E-state index contributed by atoms with van der Waals surface area (Å²) in [4.78, 5) is 17.1. The van der Waals surface area contributed by atoms with Gasteiger partial charge in [0.2, 0.25) is 11.8 Å².